The van der Waals surface area contributed by atoms with E-state index in [0.717, 1.165) is 61.7 Å². The van der Waals surface area contributed by atoms with Gasteiger partial charge >= 0.3 is 5.97 Å². The molecule has 1 aromatic carbocycles. The molecule has 0 atom stereocenters. The molecule has 1 fully saturated rings. The highest BCUT2D eigenvalue weighted by atomic mass is 16.4. The van der Waals surface area contributed by atoms with Crippen molar-refractivity contribution in [3.05, 3.63) is 41.2 Å². The largest absolute Gasteiger partial charge is 0.478 e. The zero-order chi connectivity index (χ0) is 18.1. The second-order valence-electron chi connectivity index (χ2n) is 7.01. The number of fused-ring (bicyclic) bond motifs is 1. The lowest BCUT2D eigenvalue weighted by atomic mass is 10.1. The van der Waals surface area contributed by atoms with E-state index in [9.17, 15) is 9.59 Å². The molecule has 7 heteroatoms. The first-order valence-electron chi connectivity index (χ1n) is 9.01. The summed E-state index contributed by atoms with van der Waals surface area (Å²) in [6, 6.07) is 7.13. The molecule has 1 amide bonds. The molecule has 2 aliphatic rings. The van der Waals surface area contributed by atoms with Gasteiger partial charge in [-0.1, -0.05) is 12.1 Å². The van der Waals surface area contributed by atoms with Gasteiger partial charge in [0, 0.05) is 44.1 Å². The average molecular weight is 354 g/mol. The van der Waals surface area contributed by atoms with E-state index in [1.165, 1.54) is 0 Å². The van der Waals surface area contributed by atoms with Gasteiger partial charge in [0.05, 0.1) is 17.0 Å². The minimum absolute atomic E-state index is 0.141. The molecule has 4 rings (SSSR count). The predicted molar refractivity (Wildman–Crippen MR) is 95.7 cm³/mol. The first-order valence-corrected chi connectivity index (χ1v) is 9.01. The quantitative estimate of drug-likeness (QED) is 0.735. The maximum atomic E-state index is 11.8. The highest BCUT2D eigenvalue weighted by Gasteiger charge is 2.24. The van der Waals surface area contributed by atoms with Gasteiger partial charge in [-0.25, -0.2) is 9.78 Å². The van der Waals surface area contributed by atoms with E-state index in [0.29, 0.717) is 12.5 Å². The molecule has 2 aromatic rings. The number of carbonyl (C=O) groups excluding carboxylic acids is 1. The SMILES string of the molecule is O=C(CCN1CCc2nc(-c3ccc(C(=O)O)cc3)[nH]c2C1)NC1CC1. The van der Waals surface area contributed by atoms with E-state index in [-0.39, 0.29) is 11.5 Å². The van der Waals surface area contributed by atoms with Gasteiger partial charge in [-0.3, -0.25) is 9.69 Å². The van der Waals surface area contributed by atoms with Crippen LogP contribution in [0, 0.1) is 0 Å². The summed E-state index contributed by atoms with van der Waals surface area (Å²) in [5.74, 6) is -0.0287. The number of amides is 1. The molecule has 26 heavy (non-hydrogen) atoms. The Labute approximate surface area is 151 Å². The Balaban J connectivity index is 1.38. The smallest absolute Gasteiger partial charge is 0.335 e. The monoisotopic (exact) mass is 354 g/mol. The van der Waals surface area contributed by atoms with Crippen molar-refractivity contribution in [2.45, 2.75) is 38.3 Å². The van der Waals surface area contributed by atoms with Crippen LogP contribution >= 0.6 is 0 Å². The summed E-state index contributed by atoms with van der Waals surface area (Å²) >= 11 is 0. The number of nitrogens with one attached hydrogen (secondary N) is 2. The summed E-state index contributed by atoms with van der Waals surface area (Å²) < 4.78 is 0. The number of benzene rings is 1. The highest BCUT2D eigenvalue weighted by Crippen LogP contribution is 2.23. The molecule has 2 heterocycles. The fraction of sp³-hybridized carbons (Fsp3) is 0.421. The van der Waals surface area contributed by atoms with Crippen LogP contribution in [0.2, 0.25) is 0 Å². The van der Waals surface area contributed by atoms with Crippen LogP contribution in [0.1, 0.15) is 41.0 Å². The number of H-pyrrole nitrogens is 1. The number of hydrogen-bond acceptors (Lipinski definition) is 4. The molecule has 7 nitrogen and oxygen atoms in total. The van der Waals surface area contributed by atoms with Crippen molar-refractivity contribution in [1.82, 2.24) is 20.2 Å². The summed E-state index contributed by atoms with van der Waals surface area (Å²) in [4.78, 5) is 33.1. The van der Waals surface area contributed by atoms with Crippen LogP contribution < -0.4 is 5.32 Å². The molecule has 1 saturated carbocycles. The van der Waals surface area contributed by atoms with E-state index in [1.54, 1.807) is 24.3 Å². The lowest BCUT2D eigenvalue weighted by molar-refractivity contribution is -0.121. The van der Waals surface area contributed by atoms with Crippen molar-refractivity contribution in [2.24, 2.45) is 0 Å². The highest BCUT2D eigenvalue weighted by molar-refractivity contribution is 5.88. The van der Waals surface area contributed by atoms with E-state index in [1.807, 2.05) is 0 Å². The summed E-state index contributed by atoms with van der Waals surface area (Å²) in [5, 5.41) is 12.0. The van der Waals surface area contributed by atoms with Gasteiger partial charge in [-0.2, -0.15) is 0 Å². The molecule has 0 bridgehead atoms. The Morgan fingerprint density at radius 1 is 1.27 bits per heavy atom. The van der Waals surface area contributed by atoms with Crippen LogP contribution in [-0.2, 0) is 17.8 Å². The third-order valence-corrected chi connectivity index (χ3v) is 4.91. The number of aromatic carboxylic acids is 1. The van der Waals surface area contributed by atoms with Crippen molar-refractivity contribution < 1.29 is 14.7 Å². The fourth-order valence-corrected chi connectivity index (χ4v) is 3.24. The van der Waals surface area contributed by atoms with Crippen LogP contribution in [0.3, 0.4) is 0 Å². The predicted octanol–water partition coefficient (Wildman–Crippen LogP) is 1.80. The molecular formula is C19H22N4O3. The van der Waals surface area contributed by atoms with Gasteiger partial charge in [0.25, 0.3) is 0 Å². The van der Waals surface area contributed by atoms with Crippen LogP contribution in [-0.4, -0.2) is 51.0 Å². The molecule has 136 valence electrons. The van der Waals surface area contributed by atoms with E-state index in [4.69, 9.17) is 5.11 Å². The maximum Gasteiger partial charge on any atom is 0.335 e. The number of aromatic nitrogens is 2. The summed E-state index contributed by atoms with van der Waals surface area (Å²) in [5.41, 5.74) is 3.28. The molecule has 0 saturated heterocycles. The molecule has 1 aromatic heterocycles. The lowest BCUT2D eigenvalue weighted by Crippen LogP contribution is -2.35. The van der Waals surface area contributed by atoms with Gasteiger partial charge in [0.2, 0.25) is 5.91 Å². The molecule has 1 aliphatic carbocycles. The number of carboxylic acids is 1. The Morgan fingerprint density at radius 3 is 2.73 bits per heavy atom. The van der Waals surface area contributed by atoms with Crippen molar-refractivity contribution in [2.75, 3.05) is 13.1 Å². The average Bonchev–Trinajstić information content (AvgIpc) is 3.35. The Hall–Kier alpha value is -2.67. The number of hydrogen-bond donors (Lipinski definition) is 3. The Kier molecular flexibility index (Phi) is 4.46. The summed E-state index contributed by atoms with van der Waals surface area (Å²) in [6.45, 7) is 2.40. The number of rotatable bonds is 6. The minimum atomic E-state index is -0.934. The lowest BCUT2D eigenvalue weighted by Gasteiger charge is -2.25. The van der Waals surface area contributed by atoms with Crippen LogP contribution in [0.15, 0.2) is 24.3 Å². The Bertz CT molecular complexity index is 824. The molecule has 0 unspecified atom stereocenters. The number of carbonyl (C=O) groups is 2. The van der Waals surface area contributed by atoms with Crippen LogP contribution in [0.4, 0.5) is 0 Å². The maximum absolute atomic E-state index is 11.8. The number of imidazole rings is 1. The summed E-state index contributed by atoms with van der Waals surface area (Å²) in [6.07, 6.45) is 3.61. The van der Waals surface area contributed by atoms with E-state index < -0.39 is 5.97 Å². The zero-order valence-electron chi connectivity index (χ0n) is 14.5. The van der Waals surface area contributed by atoms with Crippen LogP contribution in [0.25, 0.3) is 11.4 Å². The molecule has 0 radical (unpaired) electrons. The van der Waals surface area contributed by atoms with Crippen molar-refractivity contribution in [3.8, 4) is 11.4 Å². The molecule has 3 N–H and O–H groups in total. The van der Waals surface area contributed by atoms with Crippen LogP contribution in [0.5, 0.6) is 0 Å². The van der Waals surface area contributed by atoms with Gasteiger partial charge < -0.3 is 15.4 Å². The molecule has 0 spiro atoms. The second kappa shape index (κ2) is 6.92. The van der Waals surface area contributed by atoms with Gasteiger partial charge in [-0.15, -0.1) is 0 Å². The Morgan fingerprint density at radius 2 is 2.04 bits per heavy atom. The first-order chi connectivity index (χ1) is 12.6. The number of aromatic amines is 1. The third kappa shape index (κ3) is 3.77. The third-order valence-electron chi connectivity index (χ3n) is 4.91. The van der Waals surface area contributed by atoms with Crippen molar-refractivity contribution in [1.29, 1.82) is 0 Å². The van der Waals surface area contributed by atoms with Gasteiger partial charge in [0.15, 0.2) is 0 Å². The van der Waals surface area contributed by atoms with Gasteiger partial charge in [0.1, 0.15) is 5.82 Å². The fourth-order valence-electron chi connectivity index (χ4n) is 3.24. The number of carboxylic acid groups (broad SMARTS) is 1. The molecule has 1 aliphatic heterocycles. The number of nitrogens with zero attached hydrogens (tertiary/aromatic N) is 2. The summed E-state index contributed by atoms with van der Waals surface area (Å²) in [7, 11) is 0. The topological polar surface area (TPSA) is 98.3 Å². The zero-order valence-corrected chi connectivity index (χ0v) is 14.5. The normalized spacial score (nSPS) is 16.9. The second-order valence-corrected chi connectivity index (χ2v) is 7.01. The van der Waals surface area contributed by atoms with Gasteiger partial charge in [-0.05, 0) is 25.0 Å². The van der Waals surface area contributed by atoms with E-state index in [2.05, 4.69) is 20.2 Å². The van der Waals surface area contributed by atoms with Crippen molar-refractivity contribution >= 4 is 11.9 Å². The van der Waals surface area contributed by atoms with Crippen molar-refractivity contribution in [3.63, 3.8) is 0 Å². The minimum Gasteiger partial charge on any atom is -0.478 e. The first kappa shape index (κ1) is 16.8. The molecular weight excluding hydrogens is 332 g/mol. The van der Waals surface area contributed by atoms with E-state index >= 15 is 0 Å². The standard InChI is InChI=1S/C19H22N4O3/c24-17(20-14-5-6-14)8-10-23-9-7-15-16(11-23)22-18(21-15)12-1-3-13(4-2-12)19(25)26/h1-4,14H,5-11H2,(H,20,24)(H,21,22)(H,25,26).